The molecule has 0 unspecified atom stereocenters. The summed E-state index contributed by atoms with van der Waals surface area (Å²) in [6.07, 6.45) is 7.28. The maximum absolute atomic E-state index is 14.7. The lowest BCUT2D eigenvalue weighted by atomic mass is 9.91. The number of sulfonamides is 1. The number of rotatable bonds is 11. The van der Waals surface area contributed by atoms with Crippen LogP contribution in [-0.2, 0) is 24.4 Å². The number of nitrogens with one attached hydrogen (secondary N) is 2. The van der Waals surface area contributed by atoms with E-state index < -0.39 is 74.3 Å². The zero-order chi connectivity index (χ0) is 43.1. The zero-order valence-corrected chi connectivity index (χ0v) is 35.2. The first-order valence-electron chi connectivity index (χ1n) is 20.5. The molecule has 4 heterocycles. The molecule has 1 saturated heterocycles. The second kappa shape index (κ2) is 16.7. The van der Waals surface area contributed by atoms with Gasteiger partial charge in [-0.2, -0.15) is 13.9 Å². The van der Waals surface area contributed by atoms with E-state index in [1.807, 2.05) is 32.9 Å². The topological polar surface area (TPSA) is 188 Å². The van der Waals surface area contributed by atoms with Gasteiger partial charge in [-0.1, -0.05) is 25.0 Å². The van der Waals surface area contributed by atoms with Crippen LogP contribution in [0.15, 0.2) is 42.6 Å². The van der Waals surface area contributed by atoms with Gasteiger partial charge in [0.1, 0.15) is 29.3 Å². The summed E-state index contributed by atoms with van der Waals surface area (Å²) in [6, 6.07) is 4.07. The number of hydrogen-bond acceptors (Lipinski definition) is 11. The van der Waals surface area contributed by atoms with Crippen LogP contribution in [0.5, 0.6) is 17.4 Å². The average Bonchev–Trinajstić information content (AvgIpc) is 3.96. The van der Waals surface area contributed by atoms with Crippen molar-refractivity contribution in [2.45, 2.75) is 127 Å². The normalized spacial score (nSPS) is 26.1. The van der Waals surface area contributed by atoms with Crippen molar-refractivity contribution < 1.29 is 50.6 Å². The van der Waals surface area contributed by atoms with E-state index in [0.29, 0.717) is 59.2 Å². The van der Waals surface area contributed by atoms with Gasteiger partial charge in [0.2, 0.25) is 27.7 Å². The highest BCUT2D eigenvalue weighted by atomic mass is 32.2. The fourth-order valence-corrected chi connectivity index (χ4v) is 9.58. The number of halogens is 2. The fourth-order valence-electron chi connectivity index (χ4n) is 8.24. The number of aryl methyl sites for hydroxylation is 1. The molecular formula is C42H52F2N6O9S. The number of benzene rings is 1. The van der Waals surface area contributed by atoms with Gasteiger partial charge in [0.25, 0.3) is 5.91 Å². The van der Waals surface area contributed by atoms with Gasteiger partial charge in [-0.05, 0) is 90.3 Å². The molecule has 7 rings (SSSR count). The van der Waals surface area contributed by atoms with Crippen molar-refractivity contribution in [3.05, 3.63) is 53.9 Å². The molecule has 3 aromatic rings. The molecule has 0 bridgehead atoms. The second-order valence-corrected chi connectivity index (χ2v) is 19.1. The minimum absolute atomic E-state index is 0.0118. The van der Waals surface area contributed by atoms with E-state index in [9.17, 15) is 36.4 Å². The molecule has 2 aliphatic carbocycles. The van der Waals surface area contributed by atoms with Crippen LogP contribution in [0.4, 0.5) is 8.78 Å². The molecule has 2 aliphatic heterocycles. The number of ether oxygens (including phenoxy) is 3. The van der Waals surface area contributed by atoms with E-state index in [4.69, 9.17) is 19.2 Å². The third-order valence-corrected chi connectivity index (χ3v) is 14.4. The average molecular weight is 855 g/mol. The number of fused-ring (bicyclic) bond motifs is 3. The van der Waals surface area contributed by atoms with E-state index >= 15 is 0 Å². The molecule has 0 radical (unpaired) electrons. The van der Waals surface area contributed by atoms with Crippen molar-refractivity contribution in [1.29, 1.82) is 0 Å². The molecule has 4 aliphatic rings. The highest BCUT2D eigenvalue weighted by molar-refractivity contribution is 7.91. The lowest BCUT2D eigenvalue weighted by molar-refractivity contribution is -0.140. The predicted molar refractivity (Wildman–Crippen MR) is 215 cm³/mol. The van der Waals surface area contributed by atoms with Crippen molar-refractivity contribution in [2.75, 3.05) is 13.7 Å². The van der Waals surface area contributed by atoms with E-state index in [-0.39, 0.29) is 49.9 Å². The van der Waals surface area contributed by atoms with Gasteiger partial charge in [-0.25, -0.2) is 18.1 Å². The van der Waals surface area contributed by atoms with Crippen LogP contribution in [0.1, 0.15) is 108 Å². The Hall–Kier alpha value is -5.13. The zero-order valence-electron chi connectivity index (χ0n) is 34.4. The molecule has 2 aromatic heterocycles. The van der Waals surface area contributed by atoms with Gasteiger partial charge in [0, 0.05) is 36.1 Å². The van der Waals surface area contributed by atoms with Crippen LogP contribution in [0.25, 0.3) is 10.9 Å². The number of aromatic nitrogens is 3. The minimum Gasteiger partial charge on any atom is -0.496 e. The van der Waals surface area contributed by atoms with Gasteiger partial charge in [-0.15, -0.1) is 0 Å². The summed E-state index contributed by atoms with van der Waals surface area (Å²) in [4.78, 5) is 62.9. The molecule has 15 nitrogen and oxygen atoms in total. The standard InChI is InChI=1S/C42H52F2N6O9S/c1-24(2)58-35-20-34(28-13-14-33(57-5)25(3)36(28)46-35)59-27-19-31-32(51)22-42(39(54)48-60(55,56)41(4)16-17-41)21-26(42)11-9-7-6-8-10-12-30(38(53)49(31)23-27)45-37(52)29-15-18-50(47-29)40(43)44/h9,11,13-15,18,20,24,26-27,30-31,40H,6-8,10,12,16-17,19,21-23H2,1-5H3,(H,45,52)(H,48,54)/b11-9-/t26-,27+,30-,31-,42+/m0/s1. The molecule has 3 amide bonds. The third kappa shape index (κ3) is 8.70. The van der Waals surface area contributed by atoms with Gasteiger partial charge < -0.3 is 24.4 Å². The Morgan fingerprint density at radius 3 is 2.52 bits per heavy atom. The summed E-state index contributed by atoms with van der Waals surface area (Å²) < 4.78 is 72.9. The molecule has 5 atom stereocenters. The number of allylic oxidation sites excluding steroid dienone is 2. The number of alkyl halides is 2. The number of pyridine rings is 1. The molecule has 60 heavy (non-hydrogen) atoms. The maximum atomic E-state index is 14.7. The molecule has 2 saturated carbocycles. The lowest BCUT2D eigenvalue weighted by Gasteiger charge is -2.29. The number of methoxy groups -OCH3 is 1. The van der Waals surface area contributed by atoms with Crippen LogP contribution in [0.2, 0.25) is 0 Å². The summed E-state index contributed by atoms with van der Waals surface area (Å²) in [5.74, 6) is -1.75. The Bertz CT molecular complexity index is 2310. The maximum Gasteiger partial charge on any atom is 0.333 e. The third-order valence-electron chi connectivity index (χ3n) is 12.2. The highest BCUT2D eigenvalue weighted by Gasteiger charge is 2.62. The van der Waals surface area contributed by atoms with Crippen molar-refractivity contribution in [2.24, 2.45) is 11.3 Å². The van der Waals surface area contributed by atoms with Gasteiger partial charge >= 0.3 is 6.55 Å². The number of nitrogens with zero attached hydrogens (tertiary/aromatic N) is 4. The largest absolute Gasteiger partial charge is 0.496 e. The Morgan fingerprint density at radius 1 is 1.07 bits per heavy atom. The fraction of sp³-hybridized carbons (Fsp3) is 0.571. The van der Waals surface area contributed by atoms with Gasteiger partial charge in [0.15, 0.2) is 5.78 Å². The molecule has 3 fully saturated rings. The summed E-state index contributed by atoms with van der Waals surface area (Å²) in [6.45, 7) is 4.10. The number of carbonyl (C=O) groups excluding carboxylic acids is 4. The molecule has 2 N–H and O–H groups in total. The second-order valence-electron chi connectivity index (χ2n) is 16.9. The molecule has 0 spiro atoms. The summed E-state index contributed by atoms with van der Waals surface area (Å²) in [7, 11) is -2.46. The van der Waals surface area contributed by atoms with Crippen LogP contribution < -0.4 is 24.2 Å². The van der Waals surface area contributed by atoms with Crippen molar-refractivity contribution in [3.8, 4) is 17.4 Å². The molecule has 324 valence electrons. The van der Waals surface area contributed by atoms with E-state index in [1.165, 1.54) is 4.90 Å². The smallest absolute Gasteiger partial charge is 0.333 e. The Balaban J connectivity index is 1.23. The Morgan fingerprint density at radius 2 is 1.83 bits per heavy atom. The summed E-state index contributed by atoms with van der Waals surface area (Å²) in [5.41, 5.74) is -0.351. The van der Waals surface area contributed by atoms with Crippen molar-refractivity contribution in [1.82, 2.24) is 29.7 Å². The highest BCUT2D eigenvalue weighted by Crippen LogP contribution is 2.57. The first-order valence-corrected chi connectivity index (χ1v) is 22.0. The molecular weight excluding hydrogens is 803 g/mol. The van der Waals surface area contributed by atoms with Gasteiger partial charge in [0.05, 0.1) is 41.5 Å². The van der Waals surface area contributed by atoms with E-state index in [1.54, 1.807) is 32.2 Å². The lowest BCUT2D eigenvalue weighted by Crippen LogP contribution is -2.52. The Kier molecular flexibility index (Phi) is 12.0. The van der Waals surface area contributed by atoms with Crippen molar-refractivity contribution in [3.63, 3.8) is 0 Å². The Labute approximate surface area is 347 Å². The monoisotopic (exact) mass is 854 g/mol. The molecule has 18 heteroatoms. The molecule has 1 aromatic carbocycles. The minimum atomic E-state index is -4.01. The van der Waals surface area contributed by atoms with Crippen LogP contribution >= 0.6 is 0 Å². The number of Topliss-reactive ketones (excluding diaryl/α,β-unsaturated/α-hetero) is 1. The van der Waals surface area contributed by atoms with Gasteiger partial charge in [-0.3, -0.25) is 23.9 Å². The predicted octanol–water partition coefficient (Wildman–Crippen LogP) is 5.56. The van der Waals surface area contributed by atoms with Crippen LogP contribution in [0.3, 0.4) is 0 Å². The van der Waals surface area contributed by atoms with E-state index in [0.717, 1.165) is 24.2 Å². The summed E-state index contributed by atoms with van der Waals surface area (Å²) in [5, 5.41) is 6.99. The van der Waals surface area contributed by atoms with Crippen molar-refractivity contribution >= 4 is 44.4 Å². The van der Waals surface area contributed by atoms with E-state index in [2.05, 4.69) is 15.1 Å². The first kappa shape index (κ1) is 43.0. The number of ketones is 1. The van der Waals surface area contributed by atoms with Crippen LogP contribution in [-0.4, -0.2) is 94.3 Å². The number of carbonyl (C=O) groups is 4. The number of hydrogen-bond donors (Lipinski definition) is 2. The summed E-state index contributed by atoms with van der Waals surface area (Å²) >= 11 is 0. The first-order chi connectivity index (χ1) is 28.4. The van der Waals surface area contributed by atoms with Crippen LogP contribution in [0, 0.1) is 18.3 Å². The quantitative estimate of drug-likeness (QED) is 0.230. The SMILES string of the molecule is COc1ccc2c(O[C@@H]3C[C@H]4C(=O)C[C@]5(C(=O)NS(=O)(=O)C6(C)CC6)C[C@@H]5/C=C\CCCCC[C@H](NC(=O)c5ccn(C(F)F)n5)C(=O)N4C3)cc(OC(C)C)nc2c1C. The number of amides is 3.